The molecule has 0 fully saturated rings. The standard InChI is InChI=1S/C21H18F2N2O3S2/c22-16-11-15(12-17(23)13-16)14-25-20(26)19-7-4-8-24-21(19)29-9-10-30(27,28)18-5-2-1-3-6-18/h1-8,11-13H,9-10,14H2,(H,25,26). The number of halogens is 2. The molecule has 0 saturated heterocycles. The van der Waals surface area contributed by atoms with Gasteiger partial charge in [-0.3, -0.25) is 4.79 Å². The van der Waals surface area contributed by atoms with Gasteiger partial charge in [0.1, 0.15) is 16.7 Å². The minimum Gasteiger partial charge on any atom is -0.348 e. The molecule has 1 aromatic heterocycles. The smallest absolute Gasteiger partial charge is 0.254 e. The van der Waals surface area contributed by atoms with Gasteiger partial charge >= 0.3 is 0 Å². The van der Waals surface area contributed by atoms with Gasteiger partial charge in [-0.15, -0.1) is 11.8 Å². The first-order valence-electron chi connectivity index (χ1n) is 8.94. The number of hydrogen-bond acceptors (Lipinski definition) is 5. The summed E-state index contributed by atoms with van der Waals surface area (Å²) in [7, 11) is -3.44. The number of hydrogen-bond donors (Lipinski definition) is 1. The van der Waals surface area contributed by atoms with E-state index in [4.69, 9.17) is 0 Å². The Morgan fingerprint density at radius 1 is 1.00 bits per heavy atom. The average molecular weight is 449 g/mol. The van der Waals surface area contributed by atoms with Crippen LogP contribution in [-0.4, -0.2) is 30.8 Å². The van der Waals surface area contributed by atoms with Gasteiger partial charge < -0.3 is 5.32 Å². The lowest BCUT2D eigenvalue weighted by Crippen LogP contribution is -2.24. The third-order valence-corrected chi connectivity index (χ3v) is 7.08. The van der Waals surface area contributed by atoms with E-state index in [1.165, 1.54) is 18.3 Å². The molecule has 30 heavy (non-hydrogen) atoms. The molecule has 3 aromatic rings. The molecule has 0 atom stereocenters. The van der Waals surface area contributed by atoms with Crippen molar-refractivity contribution in [3.63, 3.8) is 0 Å². The molecule has 1 N–H and O–H groups in total. The Morgan fingerprint density at radius 2 is 1.70 bits per heavy atom. The van der Waals surface area contributed by atoms with E-state index >= 15 is 0 Å². The van der Waals surface area contributed by atoms with Crippen LogP contribution in [0.25, 0.3) is 0 Å². The van der Waals surface area contributed by atoms with Crippen LogP contribution in [0.4, 0.5) is 8.78 Å². The molecule has 9 heteroatoms. The monoisotopic (exact) mass is 448 g/mol. The SMILES string of the molecule is O=C(NCc1cc(F)cc(F)c1)c1cccnc1SCCS(=O)(=O)c1ccccc1. The molecule has 0 saturated carbocycles. The third kappa shape index (κ3) is 5.87. The van der Waals surface area contributed by atoms with Gasteiger partial charge in [-0.25, -0.2) is 22.2 Å². The first-order valence-corrected chi connectivity index (χ1v) is 11.6. The zero-order valence-electron chi connectivity index (χ0n) is 15.7. The molecule has 3 rings (SSSR count). The number of nitrogens with one attached hydrogen (secondary N) is 1. The second-order valence-electron chi connectivity index (χ2n) is 6.30. The van der Waals surface area contributed by atoms with Crippen LogP contribution in [0, 0.1) is 11.6 Å². The van der Waals surface area contributed by atoms with E-state index in [9.17, 15) is 22.0 Å². The zero-order valence-corrected chi connectivity index (χ0v) is 17.3. The molecular weight excluding hydrogens is 430 g/mol. The second kappa shape index (κ2) is 9.82. The third-order valence-electron chi connectivity index (χ3n) is 4.08. The topological polar surface area (TPSA) is 76.1 Å². The molecule has 2 aromatic carbocycles. The number of benzene rings is 2. The summed E-state index contributed by atoms with van der Waals surface area (Å²) in [4.78, 5) is 16.9. The summed E-state index contributed by atoms with van der Waals surface area (Å²) in [5, 5.41) is 2.98. The normalized spacial score (nSPS) is 11.3. The van der Waals surface area contributed by atoms with Crippen LogP contribution in [0.2, 0.25) is 0 Å². The number of rotatable bonds is 8. The highest BCUT2D eigenvalue weighted by molar-refractivity contribution is 8.00. The fourth-order valence-electron chi connectivity index (χ4n) is 2.66. The maximum Gasteiger partial charge on any atom is 0.254 e. The highest BCUT2D eigenvalue weighted by Crippen LogP contribution is 2.22. The van der Waals surface area contributed by atoms with Crippen molar-refractivity contribution in [2.45, 2.75) is 16.5 Å². The predicted octanol–water partition coefficient (Wildman–Crippen LogP) is 3.86. The lowest BCUT2D eigenvalue weighted by molar-refractivity contribution is 0.0947. The quantitative estimate of drug-likeness (QED) is 0.530. The molecule has 1 amide bonds. The number of carbonyl (C=O) groups is 1. The molecule has 0 unspecified atom stereocenters. The number of thioether (sulfide) groups is 1. The molecule has 0 radical (unpaired) electrons. The Labute approximate surface area is 177 Å². The minimum atomic E-state index is -3.44. The van der Waals surface area contributed by atoms with Gasteiger partial charge in [-0.1, -0.05) is 18.2 Å². The van der Waals surface area contributed by atoms with Crippen LogP contribution < -0.4 is 5.32 Å². The van der Waals surface area contributed by atoms with Crippen LogP contribution in [0.5, 0.6) is 0 Å². The minimum absolute atomic E-state index is 0.0606. The van der Waals surface area contributed by atoms with Crippen molar-refractivity contribution in [3.05, 3.63) is 89.6 Å². The summed E-state index contributed by atoms with van der Waals surface area (Å²) in [5.41, 5.74) is 0.546. The van der Waals surface area contributed by atoms with Gasteiger partial charge in [0.2, 0.25) is 0 Å². The first-order chi connectivity index (χ1) is 14.3. The van der Waals surface area contributed by atoms with Gasteiger partial charge in [-0.2, -0.15) is 0 Å². The lowest BCUT2D eigenvalue weighted by atomic mass is 10.2. The Kier molecular flexibility index (Phi) is 7.17. The van der Waals surface area contributed by atoms with Crippen LogP contribution in [-0.2, 0) is 16.4 Å². The predicted molar refractivity (Wildman–Crippen MR) is 111 cm³/mol. The van der Waals surface area contributed by atoms with Gasteiger partial charge in [0, 0.05) is 24.6 Å². The molecule has 0 aliphatic rings. The van der Waals surface area contributed by atoms with E-state index in [1.807, 2.05) is 0 Å². The lowest BCUT2D eigenvalue weighted by Gasteiger charge is -2.10. The number of carbonyl (C=O) groups excluding carboxylic acids is 1. The van der Waals surface area contributed by atoms with Crippen LogP contribution in [0.1, 0.15) is 15.9 Å². The summed E-state index contributed by atoms with van der Waals surface area (Å²) in [5.74, 6) is -1.82. The average Bonchev–Trinajstić information content (AvgIpc) is 2.72. The number of amides is 1. The van der Waals surface area contributed by atoms with Crippen LogP contribution in [0.3, 0.4) is 0 Å². The molecule has 0 bridgehead atoms. The van der Waals surface area contributed by atoms with E-state index in [0.717, 1.165) is 30.0 Å². The number of aromatic nitrogens is 1. The Balaban J connectivity index is 1.63. The Morgan fingerprint density at radius 3 is 2.40 bits per heavy atom. The molecule has 0 aliphatic heterocycles. The van der Waals surface area contributed by atoms with Crippen molar-refractivity contribution in [1.29, 1.82) is 0 Å². The summed E-state index contributed by atoms with van der Waals surface area (Å²) >= 11 is 1.15. The van der Waals surface area contributed by atoms with E-state index in [-0.39, 0.29) is 34.1 Å². The van der Waals surface area contributed by atoms with E-state index in [0.29, 0.717) is 5.03 Å². The van der Waals surface area contributed by atoms with E-state index in [1.54, 1.807) is 30.3 Å². The highest BCUT2D eigenvalue weighted by Gasteiger charge is 2.17. The van der Waals surface area contributed by atoms with Gasteiger partial charge in [0.25, 0.3) is 5.91 Å². The highest BCUT2D eigenvalue weighted by atomic mass is 32.2. The largest absolute Gasteiger partial charge is 0.348 e. The molecule has 1 heterocycles. The van der Waals surface area contributed by atoms with E-state index < -0.39 is 27.4 Å². The van der Waals surface area contributed by atoms with Crippen molar-refractivity contribution < 1.29 is 22.0 Å². The van der Waals surface area contributed by atoms with Gasteiger partial charge in [0.05, 0.1) is 16.2 Å². The van der Waals surface area contributed by atoms with Crippen molar-refractivity contribution >= 4 is 27.5 Å². The zero-order chi connectivity index (χ0) is 21.6. The van der Waals surface area contributed by atoms with Crippen LogP contribution in [0.15, 0.2) is 76.8 Å². The molecule has 5 nitrogen and oxygen atoms in total. The molecule has 0 aliphatic carbocycles. The Hall–Kier alpha value is -2.78. The maximum absolute atomic E-state index is 13.3. The van der Waals surface area contributed by atoms with Gasteiger partial charge in [0.15, 0.2) is 9.84 Å². The van der Waals surface area contributed by atoms with Crippen molar-refractivity contribution in [2.75, 3.05) is 11.5 Å². The van der Waals surface area contributed by atoms with Crippen molar-refractivity contribution in [2.24, 2.45) is 0 Å². The van der Waals surface area contributed by atoms with Gasteiger partial charge in [-0.05, 0) is 42.0 Å². The fraction of sp³-hybridized carbons (Fsp3) is 0.143. The summed E-state index contributed by atoms with van der Waals surface area (Å²) in [6.07, 6.45) is 1.51. The molecular formula is C21H18F2N2O3S2. The summed E-state index contributed by atoms with van der Waals surface area (Å²) in [6.45, 7) is -0.0606. The number of sulfone groups is 1. The number of pyridine rings is 1. The Bertz CT molecular complexity index is 1120. The summed E-state index contributed by atoms with van der Waals surface area (Å²) < 4.78 is 51.3. The number of nitrogens with zero attached hydrogens (tertiary/aromatic N) is 1. The molecule has 0 spiro atoms. The van der Waals surface area contributed by atoms with Crippen LogP contribution >= 0.6 is 11.8 Å². The fourth-order valence-corrected chi connectivity index (χ4v) is 5.33. The second-order valence-corrected chi connectivity index (χ2v) is 9.49. The van der Waals surface area contributed by atoms with Crippen molar-refractivity contribution in [1.82, 2.24) is 10.3 Å². The van der Waals surface area contributed by atoms with E-state index in [2.05, 4.69) is 10.3 Å². The molecule has 156 valence electrons. The maximum atomic E-state index is 13.3. The van der Waals surface area contributed by atoms with Crippen molar-refractivity contribution in [3.8, 4) is 0 Å². The first kappa shape index (κ1) is 21.9. The summed E-state index contributed by atoms with van der Waals surface area (Å²) in [6, 6.07) is 14.3.